The third kappa shape index (κ3) is 2.59. The summed E-state index contributed by atoms with van der Waals surface area (Å²) >= 11 is 9.09. The van der Waals surface area contributed by atoms with Crippen LogP contribution >= 0.6 is 54.5 Å². The van der Waals surface area contributed by atoms with Crippen molar-refractivity contribution in [2.45, 2.75) is 0 Å². The van der Waals surface area contributed by atoms with Gasteiger partial charge in [-0.05, 0) is 37.9 Å². The molecular weight excluding hydrogens is 380 g/mol. The Morgan fingerprint density at radius 1 is 1.38 bits per heavy atom. The fourth-order valence-electron chi connectivity index (χ4n) is 0.902. The van der Waals surface area contributed by atoms with Gasteiger partial charge in [0.05, 0.1) is 8.66 Å². The summed E-state index contributed by atoms with van der Waals surface area (Å²) in [6.45, 7) is 0. The molecule has 1 amide bonds. The highest BCUT2D eigenvalue weighted by Gasteiger charge is 2.13. The van der Waals surface area contributed by atoms with Gasteiger partial charge in [0.15, 0.2) is 0 Å². The van der Waals surface area contributed by atoms with E-state index in [1.165, 1.54) is 11.3 Å². The van der Waals surface area contributed by atoms with Crippen molar-refractivity contribution in [2.24, 2.45) is 0 Å². The summed E-state index contributed by atoms with van der Waals surface area (Å²) in [6.07, 6.45) is 0. The van der Waals surface area contributed by atoms with Crippen LogP contribution in [0.1, 0.15) is 9.67 Å². The first kappa shape index (κ1) is 12.0. The number of anilines is 2. The molecule has 2 aromatic heterocycles. The molecule has 16 heavy (non-hydrogen) atoms. The first-order valence-corrected chi connectivity index (χ1v) is 7.13. The lowest BCUT2D eigenvalue weighted by Gasteiger charge is -1.95. The normalized spacial score (nSPS) is 10.4. The van der Waals surface area contributed by atoms with Crippen LogP contribution in [0.25, 0.3) is 0 Å². The molecule has 5 nitrogen and oxygen atoms in total. The SMILES string of the molecule is Nc1nnc(NC(=O)c2cc(Br)c(Br)s2)s1. The van der Waals surface area contributed by atoms with E-state index in [2.05, 4.69) is 47.4 Å². The van der Waals surface area contributed by atoms with Crippen LogP contribution in [0.4, 0.5) is 10.3 Å². The maximum atomic E-state index is 11.7. The van der Waals surface area contributed by atoms with Crippen LogP contribution in [0.15, 0.2) is 14.3 Å². The molecule has 9 heteroatoms. The number of rotatable bonds is 2. The molecule has 0 aliphatic carbocycles. The van der Waals surface area contributed by atoms with Crippen molar-refractivity contribution < 1.29 is 4.79 Å². The highest BCUT2D eigenvalue weighted by molar-refractivity contribution is 9.13. The number of halogens is 2. The molecule has 0 aromatic carbocycles. The van der Waals surface area contributed by atoms with E-state index < -0.39 is 0 Å². The van der Waals surface area contributed by atoms with Gasteiger partial charge in [0.2, 0.25) is 10.3 Å². The standard InChI is InChI=1S/C7H4Br2N4OS2/c8-2-1-3(15-4(2)9)5(14)11-7-13-12-6(10)16-7/h1H,(H2,10,12)(H,11,13,14). The van der Waals surface area contributed by atoms with Crippen LogP contribution < -0.4 is 11.1 Å². The predicted octanol–water partition coefficient (Wildman–Crippen LogP) is 2.96. The zero-order valence-electron chi connectivity index (χ0n) is 7.53. The van der Waals surface area contributed by atoms with Crippen LogP contribution in [0.3, 0.4) is 0 Å². The number of carbonyl (C=O) groups excluding carboxylic acids is 1. The van der Waals surface area contributed by atoms with Crippen LogP contribution in [0, 0.1) is 0 Å². The highest BCUT2D eigenvalue weighted by atomic mass is 79.9. The number of amides is 1. The molecule has 0 atom stereocenters. The zero-order valence-corrected chi connectivity index (χ0v) is 12.3. The van der Waals surface area contributed by atoms with Crippen molar-refractivity contribution in [1.29, 1.82) is 0 Å². The third-order valence-electron chi connectivity index (χ3n) is 1.53. The lowest BCUT2D eigenvalue weighted by atomic mass is 10.4. The maximum absolute atomic E-state index is 11.7. The molecule has 0 aliphatic rings. The van der Waals surface area contributed by atoms with Gasteiger partial charge in [-0.1, -0.05) is 11.3 Å². The van der Waals surface area contributed by atoms with E-state index >= 15 is 0 Å². The van der Waals surface area contributed by atoms with E-state index in [0.29, 0.717) is 15.1 Å². The Labute approximate surface area is 115 Å². The number of thiophene rings is 1. The largest absolute Gasteiger partial charge is 0.374 e. The van der Waals surface area contributed by atoms with Gasteiger partial charge < -0.3 is 5.73 Å². The van der Waals surface area contributed by atoms with Crippen LogP contribution in [0.5, 0.6) is 0 Å². The highest BCUT2D eigenvalue weighted by Crippen LogP contribution is 2.32. The number of nitrogens with one attached hydrogen (secondary N) is 1. The molecule has 84 valence electrons. The van der Waals surface area contributed by atoms with E-state index in [9.17, 15) is 4.79 Å². The van der Waals surface area contributed by atoms with Gasteiger partial charge in [-0.15, -0.1) is 21.5 Å². The molecule has 0 radical (unpaired) electrons. The number of hydrogen-bond donors (Lipinski definition) is 2. The summed E-state index contributed by atoms with van der Waals surface area (Å²) in [5.41, 5.74) is 5.40. The van der Waals surface area contributed by atoms with E-state index in [0.717, 1.165) is 19.6 Å². The number of nitrogens with two attached hydrogens (primary N) is 1. The van der Waals surface area contributed by atoms with Gasteiger partial charge in [-0.3, -0.25) is 10.1 Å². The minimum Gasteiger partial charge on any atom is -0.374 e. The minimum absolute atomic E-state index is 0.229. The fourth-order valence-corrected chi connectivity index (χ4v) is 3.34. The first-order valence-electron chi connectivity index (χ1n) is 3.91. The maximum Gasteiger partial charge on any atom is 0.267 e. The summed E-state index contributed by atoms with van der Waals surface area (Å²) in [5.74, 6) is -0.229. The van der Waals surface area contributed by atoms with E-state index in [-0.39, 0.29) is 5.91 Å². The van der Waals surface area contributed by atoms with Crippen LogP contribution in [-0.2, 0) is 0 Å². The Balaban J connectivity index is 2.14. The third-order valence-corrected chi connectivity index (χ3v) is 5.45. The second kappa shape index (κ2) is 4.78. The second-order valence-corrected chi connectivity index (χ2v) is 6.87. The molecule has 0 bridgehead atoms. The zero-order chi connectivity index (χ0) is 11.7. The van der Waals surface area contributed by atoms with Crippen molar-refractivity contribution in [3.05, 3.63) is 19.2 Å². The molecule has 0 saturated carbocycles. The monoisotopic (exact) mass is 382 g/mol. The van der Waals surface area contributed by atoms with Gasteiger partial charge in [-0.25, -0.2) is 0 Å². The van der Waals surface area contributed by atoms with Crippen molar-refractivity contribution >= 4 is 70.7 Å². The fraction of sp³-hybridized carbons (Fsp3) is 0. The first-order chi connectivity index (χ1) is 7.56. The van der Waals surface area contributed by atoms with Gasteiger partial charge in [0.25, 0.3) is 5.91 Å². The minimum atomic E-state index is -0.229. The molecule has 2 rings (SSSR count). The van der Waals surface area contributed by atoms with Crippen LogP contribution in [-0.4, -0.2) is 16.1 Å². The summed E-state index contributed by atoms with van der Waals surface area (Å²) in [6, 6.07) is 1.73. The van der Waals surface area contributed by atoms with Gasteiger partial charge in [0, 0.05) is 4.47 Å². The van der Waals surface area contributed by atoms with Gasteiger partial charge >= 0.3 is 0 Å². The van der Waals surface area contributed by atoms with Crippen molar-refractivity contribution in [3.63, 3.8) is 0 Å². The molecule has 0 aliphatic heterocycles. The lowest BCUT2D eigenvalue weighted by molar-refractivity contribution is 0.103. The summed E-state index contributed by atoms with van der Waals surface area (Å²) in [7, 11) is 0. The Morgan fingerprint density at radius 3 is 2.62 bits per heavy atom. The smallest absolute Gasteiger partial charge is 0.267 e. The number of nitrogens with zero attached hydrogens (tertiary/aromatic N) is 2. The summed E-state index contributed by atoms with van der Waals surface area (Å²) in [5, 5.41) is 10.6. The number of aromatic nitrogens is 2. The summed E-state index contributed by atoms with van der Waals surface area (Å²) < 4.78 is 1.72. The van der Waals surface area contributed by atoms with Gasteiger partial charge in [-0.2, -0.15) is 0 Å². The second-order valence-electron chi connectivity index (χ2n) is 2.63. The predicted molar refractivity (Wildman–Crippen MR) is 72.0 cm³/mol. The number of carbonyl (C=O) groups is 1. The van der Waals surface area contributed by atoms with Crippen molar-refractivity contribution in [1.82, 2.24) is 10.2 Å². The molecule has 0 unspecified atom stereocenters. The molecule has 2 aromatic rings. The molecule has 2 heterocycles. The number of hydrogen-bond acceptors (Lipinski definition) is 6. The molecule has 0 spiro atoms. The lowest BCUT2D eigenvalue weighted by Crippen LogP contribution is -2.09. The molecule has 0 fully saturated rings. The van der Waals surface area contributed by atoms with E-state index in [4.69, 9.17) is 5.73 Å². The van der Waals surface area contributed by atoms with Crippen LogP contribution in [0.2, 0.25) is 0 Å². The van der Waals surface area contributed by atoms with E-state index in [1.54, 1.807) is 6.07 Å². The Morgan fingerprint density at radius 2 is 2.12 bits per heavy atom. The molecular formula is C7H4Br2N4OS2. The molecule has 3 N–H and O–H groups in total. The average Bonchev–Trinajstić information content (AvgIpc) is 2.75. The Hall–Kier alpha value is -0.510. The number of nitrogen functional groups attached to an aromatic ring is 1. The van der Waals surface area contributed by atoms with Crippen molar-refractivity contribution in [2.75, 3.05) is 11.1 Å². The van der Waals surface area contributed by atoms with E-state index in [1.807, 2.05) is 0 Å². The molecule has 0 saturated heterocycles. The summed E-state index contributed by atoms with van der Waals surface area (Å²) in [4.78, 5) is 12.3. The van der Waals surface area contributed by atoms with Gasteiger partial charge in [0.1, 0.15) is 0 Å². The average molecular weight is 384 g/mol. The Bertz CT molecular complexity index is 519. The Kier molecular flexibility index (Phi) is 3.57. The topological polar surface area (TPSA) is 80.9 Å². The quantitative estimate of drug-likeness (QED) is 0.835. The van der Waals surface area contributed by atoms with Crippen molar-refractivity contribution in [3.8, 4) is 0 Å².